The van der Waals surface area contributed by atoms with E-state index in [1.54, 1.807) is 37.3 Å². The number of nitrogens with zero attached hydrogens (tertiary/aromatic N) is 1. The van der Waals surface area contributed by atoms with Crippen LogP contribution in [0.25, 0.3) is 0 Å². The summed E-state index contributed by atoms with van der Waals surface area (Å²) in [7, 11) is -3.74. The molecule has 1 unspecified atom stereocenters. The molecule has 1 heterocycles. The first-order valence-electron chi connectivity index (χ1n) is 8.23. The summed E-state index contributed by atoms with van der Waals surface area (Å²) in [5, 5.41) is 0. The molecule has 0 bridgehead atoms. The Balaban J connectivity index is 1.99. The van der Waals surface area contributed by atoms with Crippen LogP contribution in [0.4, 0.5) is 0 Å². The zero-order valence-electron chi connectivity index (χ0n) is 14.3. The van der Waals surface area contributed by atoms with E-state index >= 15 is 0 Å². The third kappa shape index (κ3) is 3.57. The number of benzene rings is 2. The van der Waals surface area contributed by atoms with Gasteiger partial charge in [0.2, 0.25) is 10.0 Å². The van der Waals surface area contributed by atoms with Crippen LogP contribution in [-0.2, 0) is 21.2 Å². The van der Waals surface area contributed by atoms with E-state index in [9.17, 15) is 13.2 Å². The molecular weight excluding hydrogens is 334 g/mol. The quantitative estimate of drug-likeness (QED) is 0.847. The van der Waals surface area contributed by atoms with Gasteiger partial charge in [-0.05, 0) is 43.5 Å². The normalized spacial score (nSPS) is 18.9. The molecule has 0 radical (unpaired) electrons. The Kier molecular flexibility index (Phi) is 4.88. The van der Waals surface area contributed by atoms with Crippen molar-refractivity contribution in [1.82, 2.24) is 4.31 Å². The lowest BCUT2D eigenvalue weighted by atomic mass is 9.95. The maximum atomic E-state index is 13.1. The summed E-state index contributed by atoms with van der Waals surface area (Å²) in [5.74, 6) is -0.134. The van der Waals surface area contributed by atoms with Crippen molar-refractivity contribution in [2.45, 2.75) is 31.2 Å². The summed E-state index contributed by atoms with van der Waals surface area (Å²) in [4.78, 5) is 12.9. The van der Waals surface area contributed by atoms with E-state index in [1.807, 2.05) is 37.3 Å². The Bertz CT molecular complexity index is 900. The van der Waals surface area contributed by atoms with Crippen molar-refractivity contribution >= 4 is 15.8 Å². The topological polar surface area (TPSA) is 54.5 Å². The molecule has 130 valence electrons. The van der Waals surface area contributed by atoms with Crippen LogP contribution in [0, 0.1) is 6.92 Å². The van der Waals surface area contributed by atoms with E-state index in [-0.39, 0.29) is 17.2 Å². The summed E-state index contributed by atoms with van der Waals surface area (Å²) < 4.78 is 27.5. The molecule has 0 saturated carbocycles. The molecule has 0 aromatic heterocycles. The first kappa shape index (κ1) is 17.6. The SMILES string of the molecule is CC1=CCN(S(=O)(=O)c2ccc(C)cc2)C(Cc2ccccc2)C1=O. The Hall–Kier alpha value is -2.24. The second kappa shape index (κ2) is 6.94. The summed E-state index contributed by atoms with van der Waals surface area (Å²) >= 11 is 0. The minimum atomic E-state index is -3.74. The number of Topliss-reactive ketones (excluding diaryl/α,β-unsaturated/α-hetero) is 1. The second-order valence-electron chi connectivity index (χ2n) is 6.34. The van der Waals surface area contributed by atoms with Gasteiger partial charge in [0, 0.05) is 6.54 Å². The molecule has 25 heavy (non-hydrogen) atoms. The highest BCUT2D eigenvalue weighted by atomic mass is 32.2. The van der Waals surface area contributed by atoms with E-state index in [0.29, 0.717) is 12.0 Å². The molecule has 3 rings (SSSR count). The molecule has 0 spiro atoms. The maximum Gasteiger partial charge on any atom is 0.244 e. The first-order chi connectivity index (χ1) is 11.9. The van der Waals surface area contributed by atoms with E-state index in [4.69, 9.17) is 0 Å². The van der Waals surface area contributed by atoms with Crippen LogP contribution in [0.5, 0.6) is 0 Å². The molecule has 1 atom stereocenters. The summed E-state index contributed by atoms with van der Waals surface area (Å²) in [5.41, 5.74) is 2.56. The zero-order chi connectivity index (χ0) is 18.0. The number of hydrogen-bond donors (Lipinski definition) is 0. The molecular formula is C20H21NO3S. The number of aryl methyl sites for hydroxylation is 1. The lowest BCUT2D eigenvalue weighted by Crippen LogP contribution is -2.49. The maximum absolute atomic E-state index is 13.1. The molecule has 1 aliphatic heterocycles. The lowest BCUT2D eigenvalue weighted by Gasteiger charge is -2.32. The Morgan fingerprint density at radius 3 is 2.28 bits per heavy atom. The van der Waals surface area contributed by atoms with Gasteiger partial charge in [0.25, 0.3) is 0 Å². The smallest absolute Gasteiger partial charge is 0.244 e. The third-order valence-electron chi connectivity index (χ3n) is 4.52. The summed E-state index contributed by atoms with van der Waals surface area (Å²) in [6.07, 6.45) is 2.06. The van der Waals surface area contributed by atoms with Gasteiger partial charge in [0.15, 0.2) is 5.78 Å². The van der Waals surface area contributed by atoms with Crippen LogP contribution in [0.3, 0.4) is 0 Å². The highest BCUT2D eigenvalue weighted by Gasteiger charge is 2.38. The van der Waals surface area contributed by atoms with Gasteiger partial charge in [0.1, 0.15) is 0 Å². The minimum Gasteiger partial charge on any atom is -0.293 e. The van der Waals surface area contributed by atoms with Crippen molar-refractivity contribution in [3.05, 3.63) is 77.4 Å². The molecule has 0 aliphatic carbocycles. The van der Waals surface area contributed by atoms with E-state index in [0.717, 1.165) is 11.1 Å². The number of sulfonamides is 1. The Morgan fingerprint density at radius 1 is 1.00 bits per heavy atom. The molecule has 2 aromatic rings. The fraction of sp³-hybridized carbons (Fsp3) is 0.250. The van der Waals surface area contributed by atoms with Gasteiger partial charge in [-0.2, -0.15) is 4.31 Å². The van der Waals surface area contributed by atoms with Crippen LogP contribution >= 0.6 is 0 Å². The molecule has 2 aromatic carbocycles. The standard InChI is InChI=1S/C20H21NO3S/c1-15-8-10-18(11-9-15)25(23,24)21-13-12-16(2)20(22)19(21)14-17-6-4-3-5-7-17/h3-12,19H,13-14H2,1-2H3. The van der Waals surface area contributed by atoms with Gasteiger partial charge >= 0.3 is 0 Å². The molecule has 0 amide bonds. The van der Waals surface area contributed by atoms with Gasteiger partial charge in [0.05, 0.1) is 10.9 Å². The van der Waals surface area contributed by atoms with Crippen LogP contribution < -0.4 is 0 Å². The predicted molar refractivity (Wildman–Crippen MR) is 97.8 cm³/mol. The average molecular weight is 355 g/mol. The fourth-order valence-electron chi connectivity index (χ4n) is 2.99. The zero-order valence-corrected chi connectivity index (χ0v) is 15.2. The van der Waals surface area contributed by atoms with Crippen LogP contribution in [0.2, 0.25) is 0 Å². The molecule has 5 heteroatoms. The first-order valence-corrected chi connectivity index (χ1v) is 9.67. The van der Waals surface area contributed by atoms with Crippen molar-refractivity contribution in [3.8, 4) is 0 Å². The predicted octanol–water partition coefficient (Wildman–Crippen LogP) is 3.13. The Labute approximate surface area is 148 Å². The third-order valence-corrected chi connectivity index (χ3v) is 6.40. The van der Waals surface area contributed by atoms with Crippen LogP contribution in [-0.4, -0.2) is 31.1 Å². The molecule has 1 aliphatic rings. The van der Waals surface area contributed by atoms with Gasteiger partial charge in [-0.1, -0.05) is 54.1 Å². The summed E-state index contributed by atoms with van der Waals surface area (Å²) in [6.45, 7) is 3.87. The number of carbonyl (C=O) groups excluding carboxylic acids is 1. The van der Waals surface area contributed by atoms with Crippen LogP contribution in [0.1, 0.15) is 18.1 Å². The largest absolute Gasteiger partial charge is 0.293 e. The molecule has 0 saturated heterocycles. The van der Waals surface area contributed by atoms with Crippen molar-refractivity contribution in [3.63, 3.8) is 0 Å². The van der Waals surface area contributed by atoms with Gasteiger partial charge in [-0.15, -0.1) is 0 Å². The minimum absolute atomic E-state index is 0.134. The highest BCUT2D eigenvalue weighted by Crippen LogP contribution is 2.26. The number of hydrogen-bond acceptors (Lipinski definition) is 3. The lowest BCUT2D eigenvalue weighted by molar-refractivity contribution is -0.119. The highest BCUT2D eigenvalue weighted by molar-refractivity contribution is 7.89. The van der Waals surface area contributed by atoms with E-state index < -0.39 is 16.1 Å². The van der Waals surface area contributed by atoms with Gasteiger partial charge in [-0.3, -0.25) is 4.79 Å². The van der Waals surface area contributed by atoms with Crippen molar-refractivity contribution in [2.75, 3.05) is 6.54 Å². The van der Waals surface area contributed by atoms with E-state index in [1.165, 1.54) is 4.31 Å². The second-order valence-corrected chi connectivity index (χ2v) is 8.24. The summed E-state index contributed by atoms with van der Waals surface area (Å²) in [6, 6.07) is 15.5. The fourth-order valence-corrected chi connectivity index (χ4v) is 4.52. The number of rotatable bonds is 4. The average Bonchev–Trinajstić information content (AvgIpc) is 2.60. The monoisotopic (exact) mass is 355 g/mol. The van der Waals surface area contributed by atoms with Crippen molar-refractivity contribution in [1.29, 1.82) is 0 Å². The molecule has 0 N–H and O–H groups in total. The Morgan fingerprint density at radius 2 is 1.64 bits per heavy atom. The van der Waals surface area contributed by atoms with Gasteiger partial charge in [-0.25, -0.2) is 8.42 Å². The van der Waals surface area contributed by atoms with Crippen LogP contribution in [0.15, 0.2) is 71.1 Å². The van der Waals surface area contributed by atoms with Crippen molar-refractivity contribution < 1.29 is 13.2 Å². The molecule has 0 fully saturated rings. The van der Waals surface area contributed by atoms with Crippen molar-refractivity contribution in [2.24, 2.45) is 0 Å². The van der Waals surface area contributed by atoms with E-state index in [2.05, 4.69) is 0 Å². The molecule has 4 nitrogen and oxygen atoms in total. The number of carbonyl (C=O) groups is 1. The van der Waals surface area contributed by atoms with Gasteiger partial charge < -0.3 is 0 Å². The number of ketones is 1.